The Labute approximate surface area is 94.7 Å². The molecule has 5 heteroatoms. The molecule has 0 saturated heterocycles. The van der Waals surface area contributed by atoms with Crippen molar-refractivity contribution >= 4 is 27.5 Å². The van der Waals surface area contributed by atoms with Crippen LogP contribution in [0.3, 0.4) is 0 Å². The third kappa shape index (κ3) is 1.87. The highest BCUT2D eigenvalue weighted by atomic mass is 79.9. The van der Waals surface area contributed by atoms with Gasteiger partial charge in [-0.25, -0.2) is 4.98 Å². The van der Waals surface area contributed by atoms with Crippen LogP contribution in [0.1, 0.15) is 11.3 Å². The number of hydrogen-bond donors (Lipinski definition) is 1. The van der Waals surface area contributed by atoms with E-state index in [2.05, 4.69) is 20.9 Å². The molecule has 0 aliphatic rings. The molecule has 2 heterocycles. The Morgan fingerprint density at radius 3 is 3.00 bits per heavy atom. The second-order valence-corrected chi connectivity index (χ2v) is 4.08. The summed E-state index contributed by atoms with van der Waals surface area (Å²) in [6.07, 6.45) is 1.81. The fraction of sp³-hybridized carbons (Fsp3) is 0.200. The van der Waals surface area contributed by atoms with Gasteiger partial charge >= 0.3 is 5.97 Å². The third-order valence-electron chi connectivity index (χ3n) is 2.14. The van der Waals surface area contributed by atoms with Crippen LogP contribution in [0, 0.1) is 6.92 Å². The number of carboxylic acids is 1. The van der Waals surface area contributed by atoms with Crippen LogP contribution in [-0.4, -0.2) is 20.5 Å². The summed E-state index contributed by atoms with van der Waals surface area (Å²) < 4.78 is 2.71. The average molecular weight is 269 g/mol. The minimum Gasteiger partial charge on any atom is -0.481 e. The van der Waals surface area contributed by atoms with Crippen molar-refractivity contribution in [1.82, 2.24) is 9.38 Å². The van der Waals surface area contributed by atoms with Gasteiger partial charge in [0.05, 0.1) is 12.1 Å². The summed E-state index contributed by atoms with van der Waals surface area (Å²) in [5, 5.41) is 8.68. The van der Waals surface area contributed by atoms with Crippen molar-refractivity contribution < 1.29 is 9.90 Å². The van der Waals surface area contributed by atoms with Crippen molar-refractivity contribution in [3.8, 4) is 0 Å². The van der Waals surface area contributed by atoms with E-state index in [1.54, 1.807) is 12.3 Å². The minimum atomic E-state index is -0.831. The van der Waals surface area contributed by atoms with E-state index in [0.717, 1.165) is 21.5 Å². The topological polar surface area (TPSA) is 54.6 Å². The number of aromatic nitrogens is 2. The highest BCUT2D eigenvalue weighted by Crippen LogP contribution is 2.18. The number of rotatable bonds is 2. The molecule has 2 rings (SSSR count). The first-order valence-electron chi connectivity index (χ1n) is 4.43. The molecule has 0 unspecified atom stereocenters. The molecule has 0 bridgehead atoms. The summed E-state index contributed by atoms with van der Waals surface area (Å²) in [5.74, 6) is -0.831. The van der Waals surface area contributed by atoms with E-state index < -0.39 is 5.97 Å². The lowest BCUT2D eigenvalue weighted by Crippen LogP contribution is -2.01. The SMILES string of the molecule is Cc1nc2ccc(CC(=O)O)cn2c1Br. The number of fused-ring (bicyclic) bond motifs is 1. The third-order valence-corrected chi connectivity index (χ3v) is 3.09. The van der Waals surface area contributed by atoms with Crippen LogP contribution in [0.2, 0.25) is 0 Å². The molecule has 0 amide bonds. The quantitative estimate of drug-likeness (QED) is 0.907. The summed E-state index contributed by atoms with van der Waals surface area (Å²) in [6, 6.07) is 3.60. The van der Waals surface area contributed by atoms with Gasteiger partial charge in [-0.15, -0.1) is 0 Å². The first-order chi connectivity index (χ1) is 7.08. The van der Waals surface area contributed by atoms with E-state index in [1.165, 1.54) is 0 Å². The summed E-state index contributed by atoms with van der Waals surface area (Å²) in [7, 11) is 0. The first kappa shape index (κ1) is 10.2. The summed E-state index contributed by atoms with van der Waals surface area (Å²) in [6.45, 7) is 1.90. The normalized spacial score (nSPS) is 10.8. The van der Waals surface area contributed by atoms with Crippen LogP contribution >= 0.6 is 15.9 Å². The number of halogens is 1. The Balaban J connectivity index is 2.54. The van der Waals surface area contributed by atoms with Crippen molar-refractivity contribution in [2.45, 2.75) is 13.3 Å². The molecule has 0 aliphatic heterocycles. The first-order valence-corrected chi connectivity index (χ1v) is 5.22. The van der Waals surface area contributed by atoms with Gasteiger partial charge in [-0.05, 0) is 34.5 Å². The fourth-order valence-electron chi connectivity index (χ4n) is 1.46. The summed E-state index contributed by atoms with van der Waals surface area (Å²) in [5.41, 5.74) is 2.46. The Bertz CT molecular complexity index is 533. The number of aryl methyl sites for hydroxylation is 1. The average Bonchev–Trinajstić information content (AvgIpc) is 2.43. The molecule has 0 aromatic carbocycles. The van der Waals surface area contributed by atoms with Gasteiger partial charge in [-0.1, -0.05) is 6.07 Å². The van der Waals surface area contributed by atoms with Gasteiger partial charge in [-0.2, -0.15) is 0 Å². The maximum atomic E-state index is 10.6. The van der Waals surface area contributed by atoms with Crippen LogP contribution in [0.4, 0.5) is 0 Å². The van der Waals surface area contributed by atoms with Crippen molar-refractivity contribution in [3.63, 3.8) is 0 Å². The second kappa shape index (κ2) is 3.66. The maximum Gasteiger partial charge on any atom is 0.307 e. The largest absolute Gasteiger partial charge is 0.481 e. The number of hydrogen-bond acceptors (Lipinski definition) is 2. The monoisotopic (exact) mass is 268 g/mol. The number of carbonyl (C=O) groups is 1. The molecule has 4 nitrogen and oxygen atoms in total. The zero-order valence-corrected chi connectivity index (χ0v) is 9.65. The summed E-state index contributed by atoms with van der Waals surface area (Å²) in [4.78, 5) is 14.9. The van der Waals surface area contributed by atoms with Crippen molar-refractivity contribution in [2.24, 2.45) is 0 Å². The van der Waals surface area contributed by atoms with Gasteiger partial charge in [0, 0.05) is 6.20 Å². The molecule has 0 saturated carbocycles. The van der Waals surface area contributed by atoms with Gasteiger partial charge in [-0.3, -0.25) is 9.20 Å². The highest BCUT2D eigenvalue weighted by Gasteiger charge is 2.07. The van der Waals surface area contributed by atoms with Crippen LogP contribution in [0.15, 0.2) is 22.9 Å². The second-order valence-electron chi connectivity index (χ2n) is 3.32. The Morgan fingerprint density at radius 2 is 2.33 bits per heavy atom. The maximum absolute atomic E-state index is 10.6. The number of imidazole rings is 1. The van der Waals surface area contributed by atoms with Gasteiger partial charge in [0.1, 0.15) is 10.3 Å². The molecule has 2 aromatic rings. The lowest BCUT2D eigenvalue weighted by molar-refractivity contribution is -0.136. The Morgan fingerprint density at radius 1 is 1.60 bits per heavy atom. The number of pyridine rings is 1. The van der Waals surface area contributed by atoms with Gasteiger partial charge < -0.3 is 5.11 Å². The van der Waals surface area contributed by atoms with E-state index >= 15 is 0 Å². The molecular weight excluding hydrogens is 260 g/mol. The van der Waals surface area contributed by atoms with Crippen LogP contribution in [0.25, 0.3) is 5.65 Å². The molecule has 0 atom stereocenters. The zero-order chi connectivity index (χ0) is 11.0. The molecule has 0 aliphatic carbocycles. The van der Waals surface area contributed by atoms with Crippen molar-refractivity contribution in [3.05, 3.63) is 34.2 Å². The number of nitrogens with zero attached hydrogens (tertiary/aromatic N) is 2. The van der Waals surface area contributed by atoms with E-state index in [9.17, 15) is 4.79 Å². The highest BCUT2D eigenvalue weighted by molar-refractivity contribution is 9.10. The summed E-state index contributed by atoms with van der Waals surface area (Å²) >= 11 is 3.40. The van der Waals surface area contributed by atoms with Gasteiger partial charge in [0.15, 0.2) is 0 Å². The Hall–Kier alpha value is -1.36. The predicted octanol–water partition coefficient (Wildman–Crippen LogP) is 2.03. The lowest BCUT2D eigenvalue weighted by Gasteiger charge is -1.99. The molecule has 1 N–H and O–H groups in total. The molecule has 0 radical (unpaired) electrons. The molecule has 2 aromatic heterocycles. The van der Waals surface area contributed by atoms with E-state index in [0.29, 0.717) is 0 Å². The van der Waals surface area contributed by atoms with Gasteiger partial charge in [0.25, 0.3) is 0 Å². The Kier molecular flexibility index (Phi) is 2.48. The minimum absolute atomic E-state index is 0.0274. The predicted molar refractivity (Wildman–Crippen MR) is 59.0 cm³/mol. The fourth-order valence-corrected chi connectivity index (χ4v) is 1.83. The molecule has 0 fully saturated rings. The molecule has 15 heavy (non-hydrogen) atoms. The molecular formula is C10H9BrN2O2. The van der Waals surface area contributed by atoms with Crippen molar-refractivity contribution in [1.29, 1.82) is 0 Å². The zero-order valence-electron chi connectivity index (χ0n) is 8.07. The standard InChI is InChI=1S/C10H9BrN2O2/c1-6-10(11)13-5-7(4-9(14)15)2-3-8(13)12-6/h2-3,5H,4H2,1H3,(H,14,15). The molecule has 0 spiro atoms. The smallest absolute Gasteiger partial charge is 0.307 e. The van der Waals surface area contributed by atoms with Gasteiger partial charge in [0.2, 0.25) is 0 Å². The van der Waals surface area contributed by atoms with E-state index in [4.69, 9.17) is 5.11 Å². The van der Waals surface area contributed by atoms with E-state index in [1.807, 2.05) is 17.4 Å². The van der Waals surface area contributed by atoms with Crippen LogP contribution in [-0.2, 0) is 11.2 Å². The number of aliphatic carboxylic acids is 1. The number of carboxylic acid groups (broad SMARTS) is 1. The van der Waals surface area contributed by atoms with E-state index in [-0.39, 0.29) is 6.42 Å². The van der Waals surface area contributed by atoms with Crippen molar-refractivity contribution in [2.75, 3.05) is 0 Å². The lowest BCUT2D eigenvalue weighted by atomic mass is 10.2. The van der Waals surface area contributed by atoms with Crippen LogP contribution in [0.5, 0.6) is 0 Å². The molecule has 78 valence electrons. The van der Waals surface area contributed by atoms with Crippen LogP contribution < -0.4 is 0 Å².